The summed E-state index contributed by atoms with van der Waals surface area (Å²) in [5, 5.41) is 20.8. The number of aliphatic carboxylic acids is 1. The number of imidazole rings is 1. The number of carboxylic acid groups (broad SMARTS) is 1. The van der Waals surface area contributed by atoms with Crippen LogP contribution in [0.15, 0.2) is 35.6 Å². The second-order valence-corrected chi connectivity index (χ2v) is 5.47. The maximum Gasteiger partial charge on any atom is 0.168 e. The van der Waals surface area contributed by atoms with Crippen LogP contribution in [-0.4, -0.2) is 26.4 Å². The molecule has 1 heterocycles. The number of aliphatic hydroxyl groups excluding tert-OH is 1. The molecule has 2 rings (SSSR count). The van der Waals surface area contributed by atoms with Crippen molar-refractivity contribution in [3.8, 4) is 0 Å². The summed E-state index contributed by atoms with van der Waals surface area (Å²) in [6, 6.07) is 7.34. The molecule has 0 saturated heterocycles. The molecule has 0 radical (unpaired) electrons. The zero-order valence-corrected chi connectivity index (χ0v) is 12.0. The summed E-state index contributed by atoms with van der Waals surface area (Å²) in [5.74, 6) is -1.33. The molecular formula is C13H12ClN2O3S-. The Morgan fingerprint density at radius 2 is 2.10 bits per heavy atom. The Hall–Kier alpha value is -1.50. The number of thioether (sulfide) groups is 1. The predicted octanol–water partition coefficient (Wildman–Crippen LogP) is 0.919. The molecule has 0 fully saturated rings. The van der Waals surface area contributed by atoms with Gasteiger partial charge in [0.25, 0.3) is 0 Å². The minimum Gasteiger partial charge on any atom is -0.549 e. The molecule has 0 spiro atoms. The van der Waals surface area contributed by atoms with Gasteiger partial charge in [-0.15, -0.1) is 0 Å². The Kier molecular flexibility index (Phi) is 5.05. The first-order chi connectivity index (χ1) is 9.58. The van der Waals surface area contributed by atoms with E-state index in [-0.39, 0.29) is 12.4 Å². The van der Waals surface area contributed by atoms with Crippen molar-refractivity contribution in [2.45, 2.75) is 18.3 Å². The lowest BCUT2D eigenvalue weighted by atomic mass is 10.2. The van der Waals surface area contributed by atoms with Crippen LogP contribution in [0.5, 0.6) is 0 Å². The van der Waals surface area contributed by atoms with Gasteiger partial charge in [-0.3, -0.25) is 0 Å². The Morgan fingerprint density at radius 1 is 1.40 bits per heavy atom. The van der Waals surface area contributed by atoms with Gasteiger partial charge in [0.1, 0.15) is 0 Å². The summed E-state index contributed by atoms with van der Waals surface area (Å²) in [6.07, 6.45) is 1.70. The lowest BCUT2D eigenvalue weighted by Crippen LogP contribution is -2.24. The zero-order valence-electron chi connectivity index (χ0n) is 10.5. The van der Waals surface area contributed by atoms with Crippen molar-refractivity contribution in [2.24, 2.45) is 0 Å². The monoisotopic (exact) mass is 311 g/mol. The topological polar surface area (TPSA) is 78.2 Å². The normalized spacial score (nSPS) is 10.7. The molecule has 5 nitrogen and oxygen atoms in total. The predicted molar refractivity (Wildman–Crippen MR) is 74.4 cm³/mol. The van der Waals surface area contributed by atoms with Gasteiger partial charge in [0, 0.05) is 23.5 Å². The van der Waals surface area contributed by atoms with E-state index in [1.807, 2.05) is 12.1 Å². The van der Waals surface area contributed by atoms with Crippen LogP contribution < -0.4 is 5.11 Å². The number of rotatable bonds is 6. The van der Waals surface area contributed by atoms with Crippen molar-refractivity contribution in [3.63, 3.8) is 0 Å². The Balaban J connectivity index is 2.18. The molecule has 1 N–H and O–H groups in total. The summed E-state index contributed by atoms with van der Waals surface area (Å²) in [5.41, 5.74) is 1.51. The molecule has 20 heavy (non-hydrogen) atoms. The van der Waals surface area contributed by atoms with Crippen LogP contribution >= 0.6 is 23.4 Å². The molecule has 0 atom stereocenters. The number of carboxylic acids is 1. The van der Waals surface area contributed by atoms with Crippen molar-refractivity contribution in [1.29, 1.82) is 0 Å². The van der Waals surface area contributed by atoms with Gasteiger partial charge in [0.15, 0.2) is 5.16 Å². The number of benzene rings is 1. The maximum absolute atomic E-state index is 10.5. The Bertz CT molecular complexity index is 598. The highest BCUT2D eigenvalue weighted by molar-refractivity contribution is 7.99. The molecule has 106 valence electrons. The largest absolute Gasteiger partial charge is 0.549 e. The second kappa shape index (κ2) is 6.78. The van der Waals surface area contributed by atoms with Gasteiger partial charge in [-0.25, -0.2) is 4.98 Å². The van der Waals surface area contributed by atoms with Crippen molar-refractivity contribution in [1.82, 2.24) is 9.55 Å². The van der Waals surface area contributed by atoms with E-state index in [1.165, 1.54) is 0 Å². The minimum atomic E-state index is -1.15. The van der Waals surface area contributed by atoms with Crippen LogP contribution in [0.2, 0.25) is 5.02 Å². The fourth-order valence-electron chi connectivity index (χ4n) is 1.67. The van der Waals surface area contributed by atoms with Gasteiger partial charge in [0.05, 0.1) is 18.3 Å². The minimum absolute atomic E-state index is 0.178. The molecule has 1 aromatic heterocycles. The smallest absolute Gasteiger partial charge is 0.168 e. The van der Waals surface area contributed by atoms with Crippen LogP contribution in [0.1, 0.15) is 11.3 Å². The third-order valence-corrected chi connectivity index (χ3v) is 3.75. The summed E-state index contributed by atoms with van der Waals surface area (Å²) in [6.45, 7) is 0.339. The van der Waals surface area contributed by atoms with E-state index in [4.69, 9.17) is 16.7 Å². The van der Waals surface area contributed by atoms with E-state index in [1.54, 1.807) is 22.9 Å². The molecule has 7 heteroatoms. The Labute approximate surface area is 125 Å². The van der Waals surface area contributed by atoms with Crippen molar-refractivity contribution in [3.05, 3.63) is 46.7 Å². The highest BCUT2D eigenvalue weighted by atomic mass is 35.5. The SMILES string of the molecule is O=C([O-])CSc1nc(CO)cn1Cc1ccc(Cl)cc1. The van der Waals surface area contributed by atoms with E-state index in [9.17, 15) is 9.90 Å². The quantitative estimate of drug-likeness (QED) is 0.803. The average Bonchev–Trinajstić information content (AvgIpc) is 2.81. The Morgan fingerprint density at radius 3 is 2.70 bits per heavy atom. The average molecular weight is 312 g/mol. The lowest BCUT2D eigenvalue weighted by Gasteiger charge is -2.08. The molecule has 2 aromatic rings. The first-order valence-electron chi connectivity index (χ1n) is 5.82. The molecular weight excluding hydrogens is 300 g/mol. The van der Waals surface area contributed by atoms with E-state index in [0.29, 0.717) is 22.4 Å². The van der Waals surface area contributed by atoms with Crippen LogP contribution in [-0.2, 0) is 17.9 Å². The fourth-order valence-corrected chi connectivity index (χ4v) is 2.50. The molecule has 0 aliphatic carbocycles. The number of aliphatic hydroxyl groups is 1. The molecule has 0 bridgehead atoms. The standard InChI is InChI=1S/C13H13ClN2O3S/c14-10-3-1-9(2-4-10)5-16-6-11(7-17)15-13(16)20-8-12(18)19/h1-4,6,17H,5,7-8H2,(H,18,19)/p-1. The number of aromatic nitrogens is 2. The van der Waals surface area contributed by atoms with Gasteiger partial charge in [0.2, 0.25) is 0 Å². The molecule has 0 saturated carbocycles. The van der Waals surface area contributed by atoms with E-state index >= 15 is 0 Å². The third kappa shape index (κ3) is 4.00. The van der Waals surface area contributed by atoms with Gasteiger partial charge >= 0.3 is 0 Å². The number of hydrogen-bond donors (Lipinski definition) is 1. The third-order valence-electron chi connectivity index (χ3n) is 2.54. The van der Waals surface area contributed by atoms with Crippen molar-refractivity contribution in [2.75, 3.05) is 5.75 Å². The van der Waals surface area contributed by atoms with Crippen LogP contribution in [0, 0.1) is 0 Å². The van der Waals surface area contributed by atoms with Crippen LogP contribution in [0.25, 0.3) is 0 Å². The summed E-state index contributed by atoms with van der Waals surface area (Å²) >= 11 is 6.89. The number of carbonyl (C=O) groups is 1. The van der Waals surface area contributed by atoms with Gasteiger partial charge in [-0.05, 0) is 17.7 Å². The zero-order chi connectivity index (χ0) is 14.5. The first-order valence-corrected chi connectivity index (χ1v) is 7.19. The van der Waals surface area contributed by atoms with Crippen LogP contribution in [0.4, 0.5) is 0 Å². The summed E-state index contributed by atoms with van der Waals surface area (Å²) < 4.78 is 1.79. The number of carbonyl (C=O) groups excluding carboxylic acids is 1. The van der Waals surface area contributed by atoms with Gasteiger partial charge < -0.3 is 19.6 Å². The first kappa shape index (κ1) is 14.9. The molecule has 1 aromatic carbocycles. The van der Waals surface area contributed by atoms with E-state index in [0.717, 1.165) is 17.3 Å². The molecule has 0 aliphatic rings. The maximum atomic E-state index is 10.5. The van der Waals surface area contributed by atoms with E-state index < -0.39 is 5.97 Å². The summed E-state index contributed by atoms with van der Waals surface area (Å²) in [4.78, 5) is 14.7. The second-order valence-electron chi connectivity index (χ2n) is 4.09. The molecule has 0 amide bonds. The fraction of sp³-hybridized carbons (Fsp3) is 0.231. The van der Waals surface area contributed by atoms with Gasteiger partial charge in [-0.1, -0.05) is 35.5 Å². The van der Waals surface area contributed by atoms with Gasteiger partial charge in [-0.2, -0.15) is 0 Å². The lowest BCUT2D eigenvalue weighted by molar-refractivity contribution is -0.301. The molecule has 0 unspecified atom stereocenters. The van der Waals surface area contributed by atoms with Crippen LogP contribution in [0.3, 0.4) is 0 Å². The summed E-state index contributed by atoms with van der Waals surface area (Å²) in [7, 11) is 0. The number of nitrogens with zero attached hydrogens (tertiary/aromatic N) is 2. The van der Waals surface area contributed by atoms with E-state index in [2.05, 4.69) is 4.98 Å². The van der Waals surface area contributed by atoms with Crippen molar-refractivity contribution < 1.29 is 15.0 Å². The highest BCUT2D eigenvalue weighted by Gasteiger charge is 2.09. The number of halogens is 1. The van der Waals surface area contributed by atoms with Crippen molar-refractivity contribution >= 4 is 29.3 Å². The number of hydrogen-bond acceptors (Lipinski definition) is 5. The molecule has 0 aliphatic heterocycles. The highest BCUT2D eigenvalue weighted by Crippen LogP contribution is 2.19.